The first-order valence-corrected chi connectivity index (χ1v) is 6.01. The lowest BCUT2D eigenvalue weighted by Gasteiger charge is -2.02. The van der Waals surface area contributed by atoms with Crippen LogP contribution in [0.3, 0.4) is 0 Å². The van der Waals surface area contributed by atoms with Gasteiger partial charge in [0, 0.05) is 25.7 Å². The normalized spacial score (nSPS) is 10.7. The summed E-state index contributed by atoms with van der Waals surface area (Å²) < 4.78 is 27.9. The summed E-state index contributed by atoms with van der Waals surface area (Å²) in [4.78, 5) is 12.1. The van der Waals surface area contributed by atoms with Gasteiger partial charge >= 0.3 is 0 Å². The highest BCUT2D eigenvalue weighted by atomic mass is 19.1. The molecule has 0 amide bonds. The smallest absolute Gasteiger partial charge is 0.170 e. The molecule has 0 saturated heterocycles. The van der Waals surface area contributed by atoms with Gasteiger partial charge in [0.25, 0.3) is 0 Å². The first kappa shape index (κ1) is 13.4. The molecular formula is C14H14F2N2O. The van der Waals surface area contributed by atoms with Crippen molar-refractivity contribution in [3.63, 3.8) is 0 Å². The molecule has 19 heavy (non-hydrogen) atoms. The summed E-state index contributed by atoms with van der Waals surface area (Å²) in [6.07, 6.45) is 2.17. The van der Waals surface area contributed by atoms with E-state index in [1.165, 1.54) is 6.07 Å². The van der Waals surface area contributed by atoms with Crippen LogP contribution in [0.5, 0.6) is 0 Å². The maximum atomic E-state index is 13.5. The van der Waals surface area contributed by atoms with Crippen molar-refractivity contribution in [2.75, 3.05) is 0 Å². The third-order valence-corrected chi connectivity index (χ3v) is 2.91. The molecule has 1 aromatic carbocycles. The molecule has 1 heterocycles. The van der Waals surface area contributed by atoms with Crippen LogP contribution in [-0.2, 0) is 19.9 Å². The van der Waals surface area contributed by atoms with E-state index in [1.54, 1.807) is 17.9 Å². The molecule has 5 heteroatoms. The number of ketones is 1. The summed E-state index contributed by atoms with van der Waals surface area (Å²) in [6.45, 7) is 1.90. The van der Waals surface area contributed by atoms with E-state index in [0.29, 0.717) is 17.7 Å². The summed E-state index contributed by atoms with van der Waals surface area (Å²) in [5, 5.41) is 4.17. The second-order valence-corrected chi connectivity index (χ2v) is 4.35. The van der Waals surface area contributed by atoms with Gasteiger partial charge in [0.05, 0.1) is 11.3 Å². The maximum Gasteiger partial charge on any atom is 0.170 e. The standard InChI is InChI=1S/C14H14F2N2O/c1-3-13-11(8-18(2)17-13)14(19)6-9-4-5-10(15)7-12(9)16/h4-5,7-8H,3,6H2,1-2H3. The Labute approximate surface area is 109 Å². The number of benzene rings is 1. The lowest BCUT2D eigenvalue weighted by atomic mass is 10.0. The van der Waals surface area contributed by atoms with Gasteiger partial charge in [0.1, 0.15) is 11.6 Å². The monoisotopic (exact) mass is 264 g/mol. The average molecular weight is 264 g/mol. The Bertz CT molecular complexity index is 620. The van der Waals surface area contributed by atoms with Crippen LogP contribution in [0.4, 0.5) is 8.78 Å². The number of Topliss-reactive ketones (excluding diaryl/α,β-unsaturated/α-hetero) is 1. The molecule has 0 atom stereocenters. The number of nitrogens with zero attached hydrogens (tertiary/aromatic N) is 2. The summed E-state index contributed by atoms with van der Waals surface area (Å²) >= 11 is 0. The number of hydrogen-bond acceptors (Lipinski definition) is 2. The van der Waals surface area contributed by atoms with Gasteiger partial charge in [-0.15, -0.1) is 0 Å². The molecule has 0 fully saturated rings. The Morgan fingerprint density at radius 3 is 2.74 bits per heavy atom. The molecular weight excluding hydrogens is 250 g/mol. The lowest BCUT2D eigenvalue weighted by molar-refractivity contribution is 0.0991. The van der Waals surface area contributed by atoms with Crippen LogP contribution in [0, 0.1) is 11.6 Å². The molecule has 2 rings (SSSR count). The van der Waals surface area contributed by atoms with Crippen LogP contribution < -0.4 is 0 Å². The van der Waals surface area contributed by atoms with Crippen molar-refractivity contribution in [2.24, 2.45) is 7.05 Å². The molecule has 0 saturated carbocycles. The largest absolute Gasteiger partial charge is 0.294 e. The van der Waals surface area contributed by atoms with E-state index in [-0.39, 0.29) is 17.8 Å². The minimum atomic E-state index is -0.699. The van der Waals surface area contributed by atoms with Crippen molar-refractivity contribution in [1.82, 2.24) is 9.78 Å². The van der Waals surface area contributed by atoms with Gasteiger partial charge in [-0.05, 0) is 18.1 Å². The van der Waals surface area contributed by atoms with Crippen molar-refractivity contribution in [3.05, 3.63) is 52.9 Å². The molecule has 100 valence electrons. The fourth-order valence-electron chi connectivity index (χ4n) is 1.96. The Morgan fingerprint density at radius 1 is 1.37 bits per heavy atom. The number of hydrogen-bond donors (Lipinski definition) is 0. The topological polar surface area (TPSA) is 34.9 Å². The molecule has 0 bridgehead atoms. The van der Waals surface area contributed by atoms with E-state index in [9.17, 15) is 13.6 Å². The highest BCUT2D eigenvalue weighted by molar-refractivity contribution is 5.98. The van der Waals surface area contributed by atoms with Gasteiger partial charge in [-0.2, -0.15) is 5.10 Å². The van der Waals surface area contributed by atoms with E-state index >= 15 is 0 Å². The van der Waals surface area contributed by atoms with Crippen LogP contribution in [-0.4, -0.2) is 15.6 Å². The van der Waals surface area contributed by atoms with Crippen LogP contribution in [0.15, 0.2) is 24.4 Å². The van der Waals surface area contributed by atoms with Crippen LogP contribution in [0.1, 0.15) is 28.5 Å². The van der Waals surface area contributed by atoms with E-state index in [0.717, 1.165) is 12.1 Å². The zero-order valence-electron chi connectivity index (χ0n) is 10.8. The minimum absolute atomic E-state index is 0.0925. The van der Waals surface area contributed by atoms with Crippen molar-refractivity contribution in [1.29, 1.82) is 0 Å². The van der Waals surface area contributed by atoms with Gasteiger partial charge in [0.15, 0.2) is 5.78 Å². The molecule has 0 unspecified atom stereocenters. The molecule has 1 aromatic heterocycles. The zero-order valence-corrected chi connectivity index (χ0v) is 10.8. The third-order valence-electron chi connectivity index (χ3n) is 2.91. The maximum absolute atomic E-state index is 13.5. The molecule has 3 nitrogen and oxygen atoms in total. The summed E-state index contributed by atoms with van der Waals surface area (Å²) in [5.41, 5.74) is 1.38. The number of halogens is 2. The van der Waals surface area contributed by atoms with Gasteiger partial charge in [0.2, 0.25) is 0 Å². The number of carbonyl (C=O) groups is 1. The Hall–Kier alpha value is -2.04. The zero-order chi connectivity index (χ0) is 14.0. The van der Waals surface area contributed by atoms with Crippen molar-refractivity contribution in [3.8, 4) is 0 Å². The first-order chi connectivity index (χ1) is 9.01. The highest BCUT2D eigenvalue weighted by Gasteiger charge is 2.16. The molecule has 0 aliphatic heterocycles. The van der Waals surface area contributed by atoms with Crippen LogP contribution in [0.25, 0.3) is 0 Å². The van der Waals surface area contributed by atoms with Gasteiger partial charge in [-0.1, -0.05) is 13.0 Å². The number of carbonyl (C=O) groups excluding carboxylic acids is 1. The third kappa shape index (κ3) is 2.86. The average Bonchev–Trinajstić information content (AvgIpc) is 2.74. The fraction of sp³-hybridized carbons (Fsp3) is 0.286. The summed E-state index contributed by atoms with van der Waals surface area (Å²) in [5.74, 6) is -1.56. The number of aryl methyl sites for hydroxylation is 2. The summed E-state index contributed by atoms with van der Waals surface area (Å²) in [7, 11) is 1.73. The highest BCUT2D eigenvalue weighted by Crippen LogP contribution is 2.15. The van der Waals surface area contributed by atoms with Crippen LogP contribution >= 0.6 is 0 Å². The van der Waals surface area contributed by atoms with Crippen molar-refractivity contribution >= 4 is 5.78 Å². The number of rotatable bonds is 4. The molecule has 0 spiro atoms. The molecule has 0 radical (unpaired) electrons. The Kier molecular flexibility index (Phi) is 3.74. The van der Waals surface area contributed by atoms with Crippen molar-refractivity contribution < 1.29 is 13.6 Å². The van der Waals surface area contributed by atoms with Gasteiger partial charge in [-0.25, -0.2) is 8.78 Å². The second-order valence-electron chi connectivity index (χ2n) is 4.35. The van der Waals surface area contributed by atoms with E-state index in [2.05, 4.69) is 5.10 Å². The Balaban J connectivity index is 2.25. The van der Waals surface area contributed by atoms with Gasteiger partial charge in [-0.3, -0.25) is 9.48 Å². The van der Waals surface area contributed by atoms with E-state index in [1.807, 2.05) is 6.92 Å². The van der Waals surface area contributed by atoms with E-state index in [4.69, 9.17) is 0 Å². The predicted molar refractivity (Wildman–Crippen MR) is 67.0 cm³/mol. The van der Waals surface area contributed by atoms with Crippen LogP contribution in [0.2, 0.25) is 0 Å². The lowest BCUT2D eigenvalue weighted by Crippen LogP contribution is -2.07. The second kappa shape index (κ2) is 5.30. The quantitative estimate of drug-likeness (QED) is 0.796. The molecule has 2 aromatic rings. The van der Waals surface area contributed by atoms with E-state index < -0.39 is 11.6 Å². The van der Waals surface area contributed by atoms with Gasteiger partial charge < -0.3 is 0 Å². The molecule has 0 aliphatic rings. The molecule has 0 aliphatic carbocycles. The first-order valence-electron chi connectivity index (χ1n) is 6.01. The SMILES string of the molecule is CCc1nn(C)cc1C(=O)Cc1ccc(F)cc1F. The Morgan fingerprint density at radius 2 is 2.11 bits per heavy atom. The molecule has 0 N–H and O–H groups in total. The number of aromatic nitrogens is 2. The minimum Gasteiger partial charge on any atom is -0.294 e. The summed E-state index contributed by atoms with van der Waals surface area (Å²) in [6, 6.07) is 3.23. The predicted octanol–water partition coefficient (Wildman–Crippen LogP) is 2.69. The van der Waals surface area contributed by atoms with Crippen molar-refractivity contribution in [2.45, 2.75) is 19.8 Å². The fourth-order valence-corrected chi connectivity index (χ4v) is 1.96.